The molecule has 2 aliphatic heterocycles. The smallest absolute Gasteiger partial charge is 1.00 e. The van der Waals surface area contributed by atoms with Crippen molar-refractivity contribution in [3.8, 4) is 11.8 Å². The van der Waals surface area contributed by atoms with Gasteiger partial charge in [-0.2, -0.15) is 17.5 Å². The van der Waals surface area contributed by atoms with E-state index in [1.54, 1.807) is 30.3 Å². The maximum absolute atomic E-state index is 13.6. The molecule has 0 radical (unpaired) electrons. The Bertz CT molecular complexity index is 2220. The van der Waals surface area contributed by atoms with E-state index >= 15 is 0 Å². The second kappa shape index (κ2) is 21.5. The molecule has 3 aliphatic rings. The number of nitrogens with zero attached hydrogens (tertiary/aromatic N) is 1. The second-order valence-corrected chi connectivity index (χ2v) is 18.2. The van der Waals surface area contributed by atoms with E-state index in [2.05, 4.69) is 27.2 Å². The van der Waals surface area contributed by atoms with Gasteiger partial charge in [-0.25, -0.2) is 22.6 Å². The predicted octanol–water partition coefficient (Wildman–Crippen LogP) is 6.44. The normalized spacial score (nSPS) is 19.7. The van der Waals surface area contributed by atoms with Gasteiger partial charge in [-0.05, 0) is 79.1 Å². The van der Waals surface area contributed by atoms with Crippen molar-refractivity contribution in [3.05, 3.63) is 88.9 Å². The summed E-state index contributed by atoms with van der Waals surface area (Å²) in [6.07, 6.45) is -6.68. The third-order valence-corrected chi connectivity index (χ3v) is 11.9. The molecule has 4 atom stereocenters. The number of nitrogen functional groups attached to an aromatic ring is 1. The summed E-state index contributed by atoms with van der Waals surface area (Å²) in [6.45, 7) is 3.87. The molecular formula is C39H47CaClF3N4O11PS. The van der Waals surface area contributed by atoms with Crippen LogP contribution in [0.4, 0.5) is 34.1 Å². The Labute approximate surface area is 389 Å². The Balaban J connectivity index is 0.000000481. The van der Waals surface area contributed by atoms with Gasteiger partial charge in [-0.1, -0.05) is 61.7 Å². The number of carbonyl (C=O) groups excluding carboxylic acids is 2. The van der Waals surface area contributed by atoms with Crippen molar-refractivity contribution in [1.82, 2.24) is 9.62 Å². The molecule has 330 valence electrons. The molecule has 2 fully saturated rings. The molecule has 61 heavy (non-hydrogen) atoms. The third kappa shape index (κ3) is 14.5. The van der Waals surface area contributed by atoms with Gasteiger partial charge in [-0.15, -0.1) is 0 Å². The van der Waals surface area contributed by atoms with E-state index < -0.39 is 66.6 Å². The van der Waals surface area contributed by atoms with E-state index in [1.165, 1.54) is 36.4 Å². The molecule has 6 rings (SSSR count). The summed E-state index contributed by atoms with van der Waals surface area (Å²) in [4.78, 5) is 43.8. The SMILES string of the molecule is CC(C)CN(C[C@@H](OP(=O)(O)O)[C@H](Cc1ccccc1)NC(=O)O[C@H]1CCOC1)S(=O)(=O)c1ccc(N)cc1.O=C1Nc2ccc(Cl)cc2[C@@](C#CC2CC2)(C(F)(F)F)O1.[Ca+2].[H-].[H-]. The van der Waals surface area contributed by atoms with E-state index in [0.717, 1.165) is 28.8 Å². The monoisotopic (exact) mass is 942 g/mol. The van der Waals surface area contributed by atoms with Crippen LogP contribution in [0.25, 0.3) is 0 Å². The standard InChI is InChI=1S/C25H36N3O9PS.C14H9ClF3NO2.Ca.2H/c1-18(2)15-28(39(33,34)22-10-8-20(26)9-11-22)16-24(37-38(30,31)32)23(14-19-6-4-3-5-7-19)27-25(29)36-21-12-13-35-17-21;15-9-3-4-11-10(7-9)13(14(16,17)18,21-12(20)19-11)6-5-8-1-2-8;;;/h3-11,18,21,23-24H,12-17,26H2,1-2H3,(H,27,29)(H2,30,31,32);3-4,7-8H,1-2H2,(H,19,20);;;/q;;+2;2*-1/t21-,23-,24+;13-;;;/m00.../s1. The van der Waals surface area contributed by atoms with Crippen molar-refractivity contribution in [2.45, 2.75) is 74.5 Å². The Kier molecular flexibility index (Phi) is 17.8. The summed E-state index contributed by atoms with van der Waals surface area (Å²) in [6, 6.07) is 17.3. The molecule has 15 nitrogen and oxygen atoms in total. The van der Waals surface area contributed by atoms with Gasteiger partial charge in [0.25, 0.3) is 5.60 Å². The number of alkyl halides is 3. The molecule has 22 heteroatoms. The maximum Gasteiger partial charge on any atom is 2.00 e. The van der Waals surface area contributed by atoms with E-state index in [-0.39, 0.29) is 93.2 Å². The average molecular weight is 943 g/mol. The van der Waals surface area contributed by atoms with Crippen molar-refractivity contribution >= 4 is 90.7 Å². The van der Waals surface area contributed by atoms with Crippen molar-refractivity contribution in [2.24, 2.45) is 11.8 Å². The number of anilines is 2. The zero-order valence-electron chi connectivity index (χ0n) is 35.1. The number of halogens is 4. The van der Waals surface area contributed by atoms with Gasteiger partial charge >= 0.3 is 63.9 Å². The number of fused-ring (bicyclic) bond motifs is 1. The summed E-state index contributed by atoms with van der Waals surface area (Å²) in [5.74, 6) is 4.46. The Morgan fingerprint density at radius 1 is 1.11 bits per heavy atom. The maximum atomic E-state index is 13.6. The predicted molar refractivity (Wildman–Crippen MR) is 222 cm³/mol. The number of rotatable bonds is 13. The Morgan fingerprint density at radius 3 is 2.36 bits per heavy atom. The molecule has 3 aromatic carbocycles. The minimum atomic E-state index is -5.12. The van der Waals surface area contributed by atoms with Crippen molar-refractivity contribution in [3.63, 3.8) is 0 Å². The first kappa shape index (κ1) is 50.5. The van der Waals surface area contributed by atoms with E-state index in [9.17, 15) is 45.5 Å². The van der Waals surface area contributed by atoms with Crippen LogP contribution in [0.1, 0.15) is 47.1 Å². The number of phosphoric ester groups is 1. The first-order valence-corrected chi connectivity index (χ1v) is 22.1. The molecule has 3 aromatic rings. The molecule has 0 aromatic heterocycles. The summed E-state index contributed by atoms with van der Waals surface area (Å²) < 4.78 is 102. The molecule has 1 saturated carbocycles. The second-order valence-electron chi connectivity index (χ2n) is 14.7. The summed E-state index contributed by atoms with van der Waals surface area (Å²) >= 11 is 5.78. The van der Waals surface area contributed by atoms with Crippen LogP contribution >= 0.6 is 19.4 Å². The quantitative estimate of drug-likeness (QED) is 0.0542. The van der Waals surface area contributed by atoms with Crippen LogP contribution in [0.15, 0.2) is 77.7 Å². The Morgan fingerprint density at radius 2 is 1.79 bits per heavy atom. The first-order chi connectivity index (χ1) is 28.1. The summed E-state index contributed by atoms with van der Waals surface area (Å²) in [5.41, 5.74) is 3.55. The number of nitrogens with one attached hydrogen (secondary N) is 2. The molecule has 6 N–H and O–H groups in total. The number of hydrogen-bond acceptors (Lipinski definition) is 10. The fourth-order valence-electron chi connectivity index (χ4n) is 6.22. The fraction of sp³-hybridized carbons (Fsp3) is 0.436. The molecule has 0 spiro atoms. The minimum Gasteiger partial charge on any atom is -1.00 e. The number of phosphoric acid groups is 1. The third-order valence-electron chi connectivity index (χ3n) is 9.23. The summed E-state index contributed by atoms with van der Waals surface area (Å²) in [7, 11) is -9.26. The van der Waals surface area contributed by atoms with Crippen LogP contribution in [-0.2, 0) is 45.3 Å². The molecule has 0 bridgehead atoms. The van der Waals surface area contributed by atoms with Gasteiger partial charge in [0, 0.05) is 41.7 Å². The van der Waals surface area contributed by atoms with Crippen molar-refractivity contribution in [1.29, 1.82) is 0 Å². The van der Waals surface area contributed by atoms with E-state index in [1.807, 2.05) is 13.8 Å². The average Bonchev–Trinajstić information content (AvgIpc) is 3.85. The zero-order valence-corrected chi connectivity index (χ0v) is 37.8. The van der Waals surface area contributed by atoms with Gasteiger partial charge < -0.3 is 37.9 Å². The van der Waals surface area contributed by atoms with E-state index in [0.29, 0.717) is 18.7 Å². The molecule has 1 aliphatic carbocycles. The minimum absolute atomic E-state index is 0. The number of ether oxygens (including phenoxy) is 3. The van der Waals surface area contributed by atoms with Crippen molar-refractivity contribution < 1.29 is 67.1 Å². The van der Waals surface area contributed by atoms with E-state index in [4.69, 9.17) is 31.3 Å². The van der Waals surface area contributed by atoms with Gasteiger partial charge in [0.05, 0.1) is 29.8 Å². The van der Waals surface area contributed by atoms with Gasteiger partial charge in [0.1, 0.15) is 12.2 Å². The van der Waals surface area contributed by atoms with Crippen LogP contribution in [-0.4, -0.2) is 123 Å². The van der Waals surface area contributed by atoms with Gasteiger partial charge in [0.15, 0.2) is 0 Å². The van der Waals surface area contributed by atoms with Crippen molar-refractivity contribution in [2.75, 3.05) is 37.4 Å². The number of cyclic esters (lactones) is 1. The molecular weight excluding hydrogens is 896 g/mol. The molecule has 0 unspecified atom stereocenters. The number of benzene rings is 3. The largest absolute Gasteiger partial charge is 2.00 e. The molecule has 2 amide bonds. The first-order valence-electron chi connectivity index (χ1n) is 18.7. The number of alkyl carbamates (subject to hydrolysis) is 1. The van der Waals surface area contributed by atoms with Gasteiger partial charge in [-0.3, -0.25) is 9.84 Å². The van der Waals surface area contributed by atoms with Crippen LogP contribution in [0.5, 0.6) is 0 Å². The number of carbonyl (C=O) groups is 2. The summed E-state index contributed by atoms with van der Waals surface area (Å²) in [5, 5.41) is 4.99. The van der Waals surface area contributed by atoms with Crippen LogP contribution < -0.4 is 16.4 Å². The van der Waals surface area contributed by atoms with Crippen LogP contribution in [0.2, 0.25) is 5.02 Å². The topological polar surface area (TPSA) is 216 Å². The molecule has 1 saturated heterocycles. The zero-order chi connectivity index (χ0) is 43.9. The molecule has 2 heterocycles. The Hall–Kier alpha value is -3.12. The number of sulfonamides is 1. The van der Waals surface area contributed by atoms with Crippen LogP contribution in [0.3, 0.4) is 0 Å². The van der Waals surface area contributed by atoms with Gasteiger partial charge in [0.2, 0.25) is 10.0 Å². The fourth-order valence-corrected chi connectivity index (χ4v) is 8.57. The number of nitrogens with two attached hydrogens (primary N) is 1. The van der Waals surface area contributed by atoms with Crippen LogP contribution in [0, 0.1) is 23.7 Å². The number of hydrogen-bond donors (Lipinski definition) is 5. The number of amides is 2.